The van der Waals surface area contributed by atoms with Crippen LogP contribution < -0.4 is 11.0 Å². The summed E-state index contributed by atoms with van der Waals surface area (Å²) in [6.45, 7) is 4.75. The molecule has 0 spiro atoms. The van der Waals surface area contributed by atoms with E-state index in [2.05, 4.69) is 5.32 Å². The molecule has 6 heteroatoms. The molecule has 2 rings (SSSR count). The number of ether oxygens (including phenoxy) is 1. The van der Waals surface area contributed by atoms with Crippen LogP contribution in [0.4, 0.5) is 4.79 Å². The van der Waals surface area contributed by atoms with Gasteiger partial charge in [-0.25, -0.2) is 9.59 Å². The van der Waals surface area contributed by atoms with Gasteiger partial charge in [-0.2, -0.15) is 0 Å². The number of nitrogens with one attached hydrogen (secondary N) is 1. The van der Waals surface area contributed by atoms with Crippen molar-refractivity contribution in [3.05, 3.63) is 22.9 Å². The molecule has 1 aliphatic heterocycles. The molecular weight excluding hydrogens is 210 g/mol. The fraction of sp³-hybridized carbons (Fsp3) is 0.600. The third-order valence-electron chi connectivity index (χ3n) is 2.58. The number of alkyl carbamates (subject to hydrolysis) is 1. The minimum atomic E-state index is -0.415. The molecule has 88 valence electrons. The average Bonchev–Trinajstić information content (AvgIpc) is 2.76. The summed E-state index contributed by atoms with van der Waals surface area (Å²) < 4.78 is 8.17. The normalized spacial score (nSPS) is 19.9. The number of cyclic esters (lactones) is 1. The first-order valence-corrected chi connectivity index (χ1v) is 5.29. The van der Waals surface area contributed by atoms with Crippen LogP contribution in [-0.4, -0.2) is 27.9 Å². The fourth-order valence-electron chi connectivity index (χ4n) is 1.71. The Kier molecular flexibility index (Phi) is 2.72. The van der Waals surface area contributed by atoms with Gasteiger partial charge in [0, 0.05) is 18.4 Å². The van der Waals surface area contributed by atoms with Crippen molar-refractivity contribution in [1.82, 2.24) is 14.5 Å². The van der Waals surface area contributed by atoms with Crippen LogP contribution in [0, 0.1) is 0 Å². The minimum absolute atomic E-state index is 0.0713. The van der Waals surface area contributed by atoms with Crippen molar-refractivity contribution in [3.63, 3.8) is 0 Å². The average molecular weight is 225 g/mol. The largest absolute Gasteiger partial charge is 0.442 e. The summed E-state index contributed by atoms with van der Waals surface area (Å²) in [6, 6.07) is 0.137. The zero-order valence-corrected chi connectivity index (χ0v) is 9.34. The molecule has 1 aliphatic rings. The van der Waals surface area contributed by atoms with Gasteiger partial charge in [-0.3, -0.25) is 9.13 Å². The zero-order chi connectivity index (χ0) is 11.7. The third-order valence-corrected chi connectivity index (χ3v) is 2.58. The van der Waals surface area contributed by atoms with Crippen molar-refractivity contribution in [3.8, 4) is 0 Å². The highest BCUT2D eigenvalue weighted by atomic mass is 16.6. The Hall–Kier alpha value is -1.72. The van der Waals surface area contributed by atoms with Gasteiger partial charge < -0.3 is 10.1 Å². The molecule has 1 saturated heterocycles. The Bertz CT molecular complexity index is 446. The maximum atomic E-state index is 11.8. The van der Waals surface area contributed by atoms with E-state index in [1.807, 2.05) is 13.8 Å². The van der Waals surface area contributed by atoms with Crippen LogP contribution in [0.5, 0.6) is 0 Å². The van der Waals surface area contributed by atoms with Crippen LogP contribution in [0.1, 0.15) is 19.9 Å². The second-order valence-electron chi connectivity index (χ2n) is 4.14. The summed E-state index contributed by atoms with van der Waals surface area (Å²) in [5.74, 6) is 0. The van der Waals surface area contributed by atoms with E-state index in [-0.39, 0.29) is 17.8 Å². The molecule has 1 N–H and O–H groups in total. The number of hydrogen-bond donors (Lipinski definition) is 1. The molecule has 1 fully saturated rings. The van der Waals surface area contributed by atoms with Gasteiger partial charge in [-0.1, -0.05) is 0 Å². The number of nitrogens with zero attached hydrogens (tertiary/aromatic N) is 2. The number of rotatable bonds is 3. The predicted molar refractivity (Wildman–Crippen MR) is 57.3 cm³/mol. The first kappa shape index (κ1) is 10.8. The number of carbonyl (C=O) groups is 1. The lowest BCUT2D eigenvalue weighted by atomic mass is 10.3. The molecule has 0 aliphatic carbocycles. The third kappa shape index (κ3) is 1.95. The Labute approximate surface area is 92.8 Å². The van der Waals surface area contributed by atoms with Crippen molar-refractivity contribution in [2.24, 2.45) is 0 Å². The molecule has 1 aromatic heterocycles. The molecule has 1 unspecified atom stereocenters. The lowest BCUT2D eigenvalue weighted by Gasteiger charge is -2.08. The first-order valence-electron chi connectivity index (χ1n) is 5.29. The van der Waals surface area contributed by atoms with Gasteiger partial charge in [0.25, 0.3) is 0 Å². The van der Waals surface area contributed by atoms with E-state index in [0.29, 0.717) is 13.1 Å². The molecule has 6 nitrogen and oxygen atoms in total. The zero-order valence-electron chi connectivity index (χ0n) is 9.34. The summed E-state index contributed by atoms with van der Waals surface area (Å²) in [4.78, 5) is 22.7. The summed E-state index contributed by atoms with van der Waals surface area (Å²) >= 11 is 0. The molecule has 0 bridgehead atoms. The van der Waals surface area contributed by atoms with Crippen LogP contribution in [0.25, 0.3) is 0 Å². The first-order chi connectivity index (χ1) is 7.58. The second kappa shape index (κ2) is 4.03. The molecule has 0 radical (unpaired) electrons. The molecule has 0 aromatic carbocycles. The number of imidazole rings is 1. The van der Waals surface area contributed by atoms with Gasteiger partial charge in [0.1, 0.15) is 6.10 Å². The molecule has 2 heterocycles. The molecule has 16 heavy (non-hydrogen) atoms. The second-order valence-corrected chi connectivity index (χ2v) is 4.14. The maximum Gasteiger partial charge on any atom is 0.407 e. The van der Waals surface area contributed by atoms with Crippen LogP contribution >= 0.6 is 0 Å². The summed E-state index contributed by atoms with van der Waals surface area (Å²) in [6.07, 6.45) is 2.79. The monoisotopic (exact) mass is 225 g/mol. The van der Waals surface area contributed by atoms with Gasteiger partial charge in [0.05, 0.1) is 13.1 Å². The Morgan fingerprint density at radius 1 is 1.50 bits per heavy atom. The lowest BCUT2D eigenvalue weighted by molar-refractivity contribution is 0.130. The standard InChI is InChI=1S/C10H15N3O3/c1-7(2)13-4-3-12(10(13)15)6-8-5-11-9(14)16-8/h3-4,7-8H,5-6H2,1-2H3,(H,11,14). The Morgan fingerprint density at radius 3 is 2.75 bits per heavy atom. The number of aromatic nitrogens is 2. The van der Waals surface area contributed by atoms with Gasteiger partial charge in [-0.05, 0) is 13.8 Å². The van der Waals surface area contributed by atoms with Crippen LogP contribution in [0.2, 0.25) is 0 Å². The van der Waals surface area contributed by atoms with E-state index in [4.69, 9.17) is 4.74 Å². The lowest BCUT2D eigenvalue weighted by Crippen LogP contribution is -2.30. The van der Waals surface area contributed by atoms with E-state index >= 15 is 0 Å². The number of hydrogen-bond acceptors (Lipinski definition) is 3. The van der Waals surface area contributed by atoms with E-state index < -0.39 is 6.09 Å². The quantitative estimate of drug-likeness (QED) is 0.806. The molecule has 0 saturated carbocycles. The van der Waals surface area contributed by atoms with E-state index in [1.165, 1.54) is 0 Å². The summed E-state index contributed by atoms with van der Waals surface area (Å²) in [5.41, 5.74) is -0.0713. The highest BCUT2D eigenvalue weighted by Crippen LogP contribution is 2.04. The predicted octanol–water partition coefficient (Wildman–Crippen LogP) is 0.339. The van der Waals surface area contributed by atoms with Crippen LogP contribution in [0.15, 0.2) is 17.2 Å². The maximum absolute atomic E-state index is 11.8. The van der Waals surface area contributed by atoms with Crippen molar-refractivity contribution in [2.75, 3.05) is 6.54 Å². The van der Waals surface area contributed by atoms with Crippen molar-refractivity contribution < 1.29 is 9.53 Å². The number of amides is 1. The molecule has 1 aromatic rings. The number of carbonyl (C=O) groups excluding carboxylic acids is 1. The van der Waals surface area contributed by atoms with Crippen LogP contribution in [-0.2, 0) is 11.3 Å². The Balaban J connectivity index is 2.11. The van der Waals surface area contributed by atoms with Crippen molar-refractivity contribution in [2.45, 2.75) is 32.5 Å². The molecule has 1 amide bonds. The van der Waals surface area contributed by atoms with Crippen LogP contribution in [0.3, 0.4) is 0 Å². The smallest absolute Gasteiger partial charge is 0.407 e. The highest BCUT2D eigenvalue weighted by Gasteiger charge is 2.23. The SMILES string of the molecule is CC(C)n1ccn(CC2CNC(=O)O2)c1=O. The molecule has 1 atom stereocenters. The topological polar surface area (TPSA) is 65.3 Å². The van der Waals surface area contributed by atoms with Gasteiger partial charge in [0.2, 0.25) is 0 Å². The summed E-state index contributed by atoms with van der Waals surface area (Å²) in [7, 11) is 0. The summed E-state index contributed by atoms with van der Waals surface area (Å²) in [5, 5.41) is 2.56. The van der Waals surface area contributed by atoms with Gasteiger partial charge in [-0.15, -0.1) is 0 Å². The van der Waals surface area contributed by atoms with Gasteiger partial charge in [0.15, 0.2) is 0 Å². The van der Waals surface area contributed by atoms with E-state index in [9.17, 15) is 9.59 Å². The van der Waals surface area contributed by atoms with E-state index in [1.54, 1.807) is 21.5 Å². The van der Waals surface area contributed by atoms with Gasteiger partial charge >= 0.3 is 11.8 Å². The minimum Gasteiger partial charge on any atom is -0.442 e. The molecular formula is C10H15N3O3. The highest BCUT2D eigenvalue weighted by molar-refractivity contribution is 5.69. The van der Waals surface area contributed by atoms with E-state index in [0.717, 1.165) is 0 Å². The fourth-order valence-corrected chi connectivity index (χ4v) is 1.71. The Morgan fingerprint density at radius 2 is 2.25 bits per heavy atom. The van der Waals surface area contributed by atoms with Crippen molar-refractivity contribution >= 4 is 6.09 Å². The van der Waals surface area contributed by atoms with Crippen molar-refractivity contribution in [1.29, 1.82) is 0 Å².